The average molecular weight is 296 g/mol. The molecule has 0 aliphatic carbocycles. The molecule has 1 unspecified atom stereocenters. The molecule has 5 nitrogen and oxygen atoms in total. The molecule has 3 N–H and O–H groups in total. The molecule has 1 aromatic rings. The summed E-state index contributed by atoms with van der Waals surface area (Å²) in [5.74, 6) is -0.154. The molecule has 0 aliphatic heterocycles. The highest BCUT2D eigenvalue weighted by Crippen LogP contribution is 2.18. The normalized spacial score (nSPS) is 11.8. The lowest BCUT2D eigenvalue weighted by Gasteiger charge is -2.17. The predicted octanol–water partition coefficient (Wildman–Crippen LogP) is 2.96. The van der Waals surface area contributed by atoms with Gasteiger partial charge in [0.05, 0.1) is 5.56 Å². The maximum Gasteiger partial charge on any atom is 0.336 e. The second-order valence-corrected chi connectivity index (χ2v) is 5.35. The van der Waals surface area contributed by atoms with E-state index >= 15 is 0 Å². The standard InChI is InChI=1S/C14H20N2O3S/c1-4-10(8-20-3)15-14(19)16-12-7-5-6-11(9(12)2)13(17)18/h5-7,10H,4,8H2,1-3H3,(H,17,18)(H2,15,16,19). The van der Waals surface area contributed by atoms with Crippen molar-refractivity contribution in [3.63, 3.8) is 0 Å². The first-order valence-corrected chi connectivity index (χ1v) is 7.78. The van der Waals surface area contributed by atoms with Crippen molar-refractivity contribution in [3.05, 3.63) is 29.3 Å². The Hall–Kier alpha value is -1.69. The van der Waals surface area contributed by atoms with E-state index in [0.29, 0.717) is 11.3 Å². The van der Waals surface area contributed by atoms with Crippen molar-refractivity contribution in [2.75, 3.05) is 17.3 Å². The Morgan fingerprint density at radius 3 is 2.65 bits per heavy atom. The van der Waals surface area contributed by atoms with Crippen LogP contribution in [0.1, 0.15) is 29.3 Å². The van der Waals surface area contributed by atoms with Gasteiger partial charge in [-0.2, -0.15) is 11.8 Å². The fraction of sp³-hybridized carbons (Fsp3) is 0.429. The first-order valence-electron chi connectivity index (χ1n) is 6.39. The summed E-state index contributed by atoms with van der Waals surface area (Å²) >= 11 is 1.67. The molecule has 110 valence electrons. The van der Waals surface area contributed by atoms with Crippen LogP contribution >= 0.6 is 11.8 Å². The molecule has 0 saturated heterocycles. The van der Waals surface area contributed by atoms with E-state index in [1.54, 1.807) is 30.8 Å². The van der Waals surface area contributed by atoms with E-state index in [9.17, 15) is 9.59 Å². The molecule has 0 fully saturated rings. The lowest BCUT2D eigenvalue weighted by Crippen LogP contribution is -2.39. The maximum absolute atomic E-state index is 11.9. The Kier molecular flexibility index (Phi) is 6.38. The summed E-state index contributed by atoms with van der Waals surface area (Å²) in [6.45, 7) is 3.69. The molecule has 1 rings (SSSR count). The molecule has 6 heteroatoms. The third-order valence-electron chi connectivity index (χ3n) is 3.01. The molecular formula is C14H20N2O3S. The minimum absolute atomic E-state index is 0.105. The van der Waals surface area contributed by atoms with Crippen LogP contribution in [-0.2, 0) is 0 Å². The zero-order valence-corrected chi connectivity index (χ0v) is 12.7. The van der Waals surface area contributed by atoms with Crippen LogP contribution in [0.15, 0.2) is 18.2 Å². The number of hydrogen-bond acceptors (Lipinski definition) is 3. The first kappa shape index (κ1) is 16.4. The highest BCUT2D eigenvalue weighted by atomic mass is 32.2. The topological polar surface area (TPSA) is 78.4 Å². The van der Waals surface area contributed by atoms with Crippen LogP contribution in [-0.4, -0.2) is 35.2 Å². The molecule has 0 radical (unpaired) electrons. The third kappa shape index (κ3) is 4.45. The predicted molar refractivity (Wildman–Crippen MR) is 82.8 cm³/mol. The van der Waals surface area contributed by atoms with E-state index in [1.165, 1.54) is 6.07 Å². The minimum Gasteiger partial charge on any atom is -0.478 e. The quantitative estimate of drug-likeness (QED) is 0.754. The Bertz CT molecular complexity index is 491. The van der Waals surface area contributed by atoms with Crippen LogP contribution in [0.5, 0.6) is 0 Å². The van der Waals surface area contributed by atoms with Gasteiger partial charge < -0.3 is 15.7 Å². The number of nitrogens with one attached hydrogen (secondary N) is 2. The zero-order valence-electron chi connectivity index (χ0n) is 11.9. The molecule has 0 spiro atoms. The number of carboxylic acids is 1. The van der Waals surface area contributed by atoms with Crippen molar-refractivity contribution in [1.29, 1.82) is 0 Å². The summed E-state index contributed by atoms with van der Waals surface area (Å²) in [5.41, 5.74) is 1.26. The summed E-state index contributed by atoms with van der Waals surface area (Å²) in [7, 11) is 0. The number of carboxylic acid groups (broad SMARTS) is 1. The molecule has 2 amide bonds. The summed E-state index contributed by atoms with van der Waals surface area (Å²) < 4.78 is 0. The summed E-state index contributed by atoms with van der Waals surface area (Å²) in [6.07, 6.45) is 2.84. The van der Waals surface area contributed by atoms with E-state index in [-0.39, 0.29) is 17.6 Å². The number of benzene rings is 1. The van der Waals surface area contributed by atoms with Crippen LogP contribution in [0, 0.1) is 6.92 Å². The summed E-state index contributed by atoms with van der Waals surface area (Å²) in [5, 5.41) is 14.6. The molecule has 0 aromatic heterocycles. The average Bonchev–Trinajstić information content (AvgIpc) is 2.40. The summed E-state index contributed by atoms with van der Waals surface area (Å²) in [4.78, 5) is 22.9. The van der Waals surface area contributed by atoms with Crippen molar-refractivity contribution < 1.29 is 14.7 Å². The van der Waals surface area contributed by atoms with E-state index in [4.69, 9.17) is 5.11 Å². The van der Waals surface area contributed by atoms with Gasteiger partial charge in [0.1, 0.15) is 0 Å². The van der Waals surface area contributed by atoms with Gasteiger partial charge in [-0.15, -0.1) is 0 Å². The number of thioether (sulfide) groups is 1. The Morgan fingerprint density at radius 2 is 2.10 bits per heavy atom. The number of carbonyl (C=O) groups excluding carboxylic acids is 1. The fourth-order valence-electron chi connectivity index (χ4n) is 1.81. The monoisotopic (exact) mass is 296 g/mol. The van der Waals surface area contributed by atoms with Crippen LogP contribution in [0.3, 0.4) is 0 Å². The largest absolute Gasteiger partial charge is 0.478 e. The second kappa shape index (κ2) is 7.79. The van der Waals surface area contributed by atoms with Crippen LogP contribution in [0.2, 0.25) is 0 Å². The van der Waals surface area contributed by atoms with Gasteiger partial charge in [-0.1, -0.05) is 13.0 Å². The SMILES string of the molecule is CCC(CSC)NC(=O)Nc1cccc(C(=O)O)c1C. The number of aromatic carboxylic acids is 1. The first-order chi connectivity index (χ1) is 9.49. The van der Waals surface area contributed by atoms with Crippen molar-refractivity contribution in [2.24, 2.45) is 0 Å². The van der Waals surface area contributed by atoms with Crippen molar-refractivity contribution in [1.82, 2.24) is 5.32 Å². The van der Waals surface area contributed by atoms with Gasteiger partial charge >= 0.3 is 12.0 Å². The number of carbonyl (C=O) groups is 2. The number of hydrogen-bond donors (Lipinski definition) is 3. The number of amides is 2. The molecule has 0 heterocycles. The highest BCUT2D eigenvalue weighted by molar-refractivity contribution is 7.98. The molecule has 20 heavy (non-hydrogen) atoms. The lowest BCUT2D eigenvalue weighted by atomic mass is 10.1. The van der Waals surface area contributed by atoms with Crippen LogP contribution in [0.25, 0.3) is 0 Å². The third-order valence-corrected chi connectivity index (χ3v) is 3.74. The molecular weight excluding hydrogens is 276 g/mol. The summed E-state index contributed by atoms with van der Waals surface area (Å²) in [6, 6.07) is 4.62. The van der Waals surface area contributed by atoms with Gasteiger partial charge in [-0.05, 0) is 37.3 Å². The zero-order chi connectivity index (χ0) is 15.1. The maximum atomic E-state index is 11.9. The van der Waals surface area contributed by atoms with E-state index in [2.05, 4.69) is 10.6 Å². The highest BCUT2D eigenvalue weighted by Gasteiger charge is 2.13. The molecule has 0 bridgehead atoms. The molecule has 1 aromatic carbocycles. The number of rotatable bonds is 6. The fourth-order valence-corrected chi connectivity index (χ4v) is 2.53. The van der Waals surface area contributed by atoms with E-state index in [0.717, 1.165) is 12.2 Å². The number of anilines is 1. The molecule has 0 saturated carbocycles. The van der Waals surface area contributed by atoms with E-state index in [1.807, 2.05) is 13.2 Å². The second-order valence-electron chi connectivity index (χ2n) is 4.44. The van der Waals surface area contributed by atoms with E-state index < -0.39 is 5.97 Å². The van der Waals surface area contributed by atoms with Gasteiger partial charge in [0.15, 0.2) is 0 Å². The Balaban J connectivity index is 2.76. The van der Waals surface area contributed by atoms with Crippen molar-refractivity contribution >= 4 is 29.4 Å². The van der Waals surface area contributed by atoms with Crippen molar-refractivity contribution in [3.8, 4) is 0 Å². The molecule has 0 aliphatic rings. The Morgan fingerprint density at radius 1 is 1.40 bits per heavy atom. The lowest BCUT2D eigenvalue weighted by molar-refractivity contribution is 0.0696. The van der Waals surface area contributed by atoms with Gasteiger partial charge in [-0.25, -0.2) is 9.59 Å². The Labute approximate surface area is 123 Å². The van der Waals surface area contributed by atoms with Gasteiger partial charge in [0, 0.05) is 17.5 Å². The number of urea groups is 1. The van der Waals surface area contributed by atoms with Crippen LogP contribution < -0.4 is 10.6 Å². The van der Waals surface area contributed by atoms with Gasteiger partial charge in [0.25, 0.3) is 0 Å². The van der Waals surface area contributed by atoms with Gasteiger partial charge in [-0.3, -0.25) is 0 Å². The van der Waals surface area contributed by atoms with Crippen LogP contribution in [0.4, 0.5) is 10.5 Å². The smallest absolute Gasteiger partial charge is 0.336 e. The minimum atomic E-state index is -1.000. The molecule has 1 atom stereocenters. The van der Waals surface area contributed by atoms with Crippen molar-refractivity contribution in [2.45, 2.75) is 26.3 Å². The van der Waals surface area contributed by atoms with Gasteiger partial charge in [0.2, 0.25) is 0 Å².